The van der Waals surface area contributed by atoms with Gasteiger partial charge in [0.15, 0.2) is 0 Å². The second kappa shape index (κ2) is 6.15. The summed E-state index contributed by atoms with van der Waals surface area (Å²) in [6, 6.07) is -0.163. The highest BCUT2D eigenvalue weighted by molar-refractivity contribution is 5.75. The van der Waals surface area contributed by atoms with E-state index in [0.717, 1.165) is 23.4 Å². The van der Waals surface area contributed by atoms with Crippen molar-refractivity contribution in [2.45, 2.75) is 72.1 Å². The SMILES string of the molecule is CC[C@@H](NC(=O)N1CC(C)(C)OC(C)(C)C1)c1c(C)noc1C. The van der Waals surface area contributed by atoms with Gasteiger partial charge in [0.2, 0.25) is 0 Å². The standard InChI is InChI=1S/C17H29N3O3/c1-8-13(14-11(2)19-22-12(14)3)18-15(21)20-9-16(4,5)23-17(6,7)10-20/h13H,8-10H2,1-7H3,(H,18,21)/t13-/m1/s1. The van der Waals surface area contributed by atoms with E-state index >= 15 is 0 Å². The van der Waals surface area contributed by atoms with Crippen LogP contribution in [-0.4, -0.2) is 40.4 Å². The van der Waals surface area contributed by atoms with Gasteiger partial charge in [0.1, 0.15) is 5.76 Å². The molecule has 0 bridgehead atoms. The van der Waals surface area contributed by atoms with E-state index in [1.54, 1.807) is 0 Å². The largest absolute Gasteiger partial charge is 0.366 e. The van der Waals surface area contributed by atoms with Crippen LogP contribution in [0.15, 0.2) is 4.52 Å². The Labute approximate surface area is 138 Å². The van der Waals surface area contributed by atoms with Crippen molar-refractivity contribution in [2.75, 3.05) is 13.1 Å². The quantitative estimate of drug-likeness (QED) is 0.926. The van der Waals surface area contributed by atoms with Gasteiger partial charge < -0.3 is 19.5 Å². The van der Waals surface area contributed by atoms with Crippen LogP contribution in [-0.2, 0) is 4.74 Å². The zero-order chi connectivity index (χ0) is 17.4. The minimum Gasteiger partial charge on any atom is -0.366 e. The molecule has 23 heavy (non-hydrogen) atoms. The maximum Gasteiger partial charge on any atom is 0.318 e. The predicted molar refractivity (Wildman–Crippen MR) is 88.4 cm³/mol. The lowest BCUT2D eigenvalue weighted by Crippen LogP contribution is -2.60. The van der Waals surface area contributed by atoms with E-state index in [1.165, 1.54) is 0 Å². The summed E-state index contributed by atoms with van der Waals surface area (Å²) in [7, 11) is 0. The predicted octanol–water partition coefficient (Wildman–Crippen LogP) is 3.34. The molecule has 1 aromatic heterocycles. The number of urea groups is 1. The summed E-state index contributed by atoms with van der Waals surface area (Å²) >= 11 is 0. The zero-order valence-electron chi connectivity index (χ0n) is 15.3. The van der Waals surface area contributed by atoms with E-state index in [0.29, 0.717) is 13.1 Å². The molecule has 6 nitrogen and oxygen atoms in total. The van der Waals surface area contributed by atoms with Crippen LogP contribution >= 0.6 is 0 Å². The summed E-state index contributed by atoms with van der Waals surface area (Å²) in [5, 5.41) is 7.12. The number of amides is 2. The normalized spacial score (nSPS) is 21.1. The Balaban J connectivity index is 2.14. The van der Waals surface area contributed by atoms with Crippen LogP contribution in [0.2, 0.25) is 0 Å². The van der Waals surface area contributed by atoms with Crippen LogP contribution in [0, 0.1) is 13.8 Å². The molecule has 0 aromatic carbocycles. The molecule has 1 aliphatic heterocycles. The summed E-state index contributed by atoms with van der Waals surface area (Å²) in [6.07, 6.45) is 0.783. The lowest BCUT2D eigenvalue weighted by molar-refractivity contribution is -0.170. The zero-order valence-corrected chi connectivity index (χ0v) is 15.3. The molecule has 0 aliphatic carbocycles. The number of ether oxygens (including phenoxy) is 1. The van der Waals surface area contributed by atoms with Gasteiger partial charge in [-0.3, -0.25) is 0 Å². The number of rotatable bonds is 3. The van der Waals surface area contributed by atoms with Crippen molar-refractivity contribution in [3.63, 3.8) is 0 Å². The van der Waals surface area contributed by atoms with Crippen molar-refractivity contribution in [2.24, 2.45) is 0 Å². The highest BCUT2D eigenvalue weighted by Crippen LogP contribution is 2.29. The van der Waals surface area contributed by atoms with Crippen LogP contribution in [0.3, 0.4) is 0 Å². The van der Waals surface area contributed by atoms with Gasteiger partial charge in [-0.15, -0.1) is 0 Å². The Morgan fingerprint density at radius 1 is 1.26 bits per heavy atom. The molecule has 1 aromatic rings. The number of carbonyl (C=O) groups is 1. The minimum absolute atomic E-state index is 0.0682. The van der Waals surface area contributed by atoms with Crippen molar-refractivity contribution >= 4 is 6.03 Å². The second-order valence-electron chi connectivity index (χ2n) is 7.63. The van der Waals surface area contributed by atoms with Gasteiger partial charge in [0, 0.05) is 5.56 Å². The van der Waals surface area contributed by atoms with Crippen molar-refractivity contribution in [3.8, 4) is 0 Å². The van der Waals surface area contributed by atoms with Crippen LogP contribution in [0.1, 0.15) is 64.1 Å². The van der Waals surface area contributed by atoms with Gasteiger partial charge >= 0.3 is 6.03 Å². The molecule has 1 aliphatic rings. The molecule has 1 fully saturated rings. The summed E-state index contributed by atoms with van der Waals surface area (Å²) in [6.45, 7) is 15.0. The molecule has 1 N–H and O–H groups in total. The van der Waals surface area contributed by atoms with Gasteiger partial charge in [-0.05, 0) is 48.0 Å². The molecular formula is C17H29N3O3. The van der Waals surface area contributed by atoms with Crippen molar-refractivity contribution in [1.82, 2.24) is 15.4 Å². The van der Waals surface area contributed by atoms with Crippen LogP contribution < -0.4 is 5.32 Å². The number of hydrogen-bond acceptors (Lipinski definition) is 4. The Bertz CT molecular complexity index is 542. The molecule has 2 heterocycles. The van der Waals surface area contributed by atoms with Crippen molar-refractivity contribution in [3.05, 3.63) is 17.0 Å². The molecule has 2 amide bonds. The monoisotopic (exact) mass is 323 g/mol. The molecular weight excluding hydrogens is 294 g/mol. The van der Waals surface area contributed by atoms with E-state index in [9.17, 15) is 4.79 Å². The van der Waals surface area contributed by atoms with Gasteiger partial charge in [0.25, 0.3) is 0 Å². The van der Waals surface area contributed by atoms with E-state index in [4.69, 9.17) is 9.26 Å². The Hall–Kier alpha value is -1.56. The molecule has 0 spiro atoms. The average Bonchev–Trinajstić information content (AvgIpc) is 2.72. The first-order chi connectivity index (χ1) is 10.5. The smallest absolute Gasteiger partial charge is 0.318 e. The third kappa shape index (κ3) is 4.05. The summed E-state index contributed by atoms with van der Waals surface area (Å²) in [4.78, 5) is 14.6. The highest BCUT2D eigenvalue weighted by Gasteiger charge is 2.40. The number of hydrogen-bond donors (Lipinski definition) is 1. The van der Waals surface area contributed by atoms with E-state index in [1.807, 2.05) is 53.4 Å². The number of carbonyl (C=O) groups excluding carboxylic acids is 1. The number of aromatic nitrogens is 1. The first-order valence-corrected chi connectivity index (χ1v) is 8.23. The Kier molecular flexibility index (Phi) is 4.76. The minimum atomic E-state index is -0.357. The fraction of sp³-hybridized carbons (Fsp3) is 0.765. The first kappa shape index (κ1) is 17.8. The van der Waals surface area contributed by atoms with E-state index < -0.39 is 0 Å². The topological polar surface area (TPSA) is 67.6 Å². The van der Waals surface area contributed by atoms with Crippen LogP contribution in [0.5, 0.6) is 0 Å². The summed E-state index contributed by atoms with van der Waals surface area (Å²) in [5.74, 6) is 0.761. The second-order valence-corrected chi connectivity index (χ2v) is 7.63. The van der Waals surface area contributed by atoms with E-state index in [2.05, 4.69) is 10.5 Å². The van der Waals surface area contributed by atoms with Gasteiger partial charge in [-0.2, -0.15) is 0 Å². The third-order valence-corrected chi connectivity index (χ3v) is 4.13. The van der Waals surface area contributed by atoms with Gasteiger partial charge in [0.05, 0.1) is 36.0 Å². The molecule has 0 unspecified atom stereocenters. The Morgan fingerprint density at radius 2 is 1.83 bits per heavy atom. The molecule has 0 radical (unpaired) electrons. The molecule has 6 heteroatoms. The van der Waals surface area contributed by atoms with Crippen molar-refractivity contribution in [1.29, 1.82) is 0 Å². The number of nitrogens with zero attached hydrogens (tertiary/aromatic N) is 2. The number of aryl methyl sites for hydroxylation is 2. The summed E-state index contributed by atoms with van der Waals surface area (Å²) < 4.78 is 11.3. The number of morpholine rings is 1. The average molecular weight is 323 g/mol. The lowest BCUT2D eigenvalue weighted by Gasteiger charge is -2.47. The molecule has 1 saturated heterocycles. The maximum atomic E-state index is 12.8. The number of nitrogens with one attached hydrogen (secondary N) is 1. The van der Waals surface area contributed by atoms with Gasteiger partial charge in [-0.25, -0.2) is 4.79 Å². The van der Waals surface area contributed by atoms with Gasteiger partial charge in [-0.1, -0.05) is 12.1 Å². The van der Waals surface area contributed by atoms with E-state index in [-0.39, 0.29) is 23.3 Å². The fourth-order valence-corrected chi connectivity index (χ4v) is 3.54. The molecule has 1 atom stereocenters. The van der Waals surface area contributed by atoms with Crippen molar-refractivity contribution < 1.29 is 14.1 Å². The molecule has 130 valence electrons. The molecule has 2 rings (SSSR count). The maximum absolute atomic E-state index is 12.8. The summed E-state index contributed by atoms with van der Waals surface area (Å²) in [5.41, 5.74) is 1.10. The third-order valence-electron chi connectivity index (χ3n) is 4.13. The molecule has 0 saturated carbocycles. The Morgan fingerprint density at radius 3 is 2.26 bits per heavy atom. The fourth-order valence-electron chi connectivity index (χ4n) is 3.54. The first-order valence-electron chi connectivity index (χ1n) is 8.23. The van der Waals surface area contributed by atoms with Crippen LogP contribution in [0.25, 0.3) is 0 Å². The highest BCUT2D eigenvalue weighted by atomic mass is 16.5. The van der Waals surface area contributed by atoms with Crippen LogP contribution in [0.4, 0.5) is 4.79 Å². The lowest BCUT2D eigenvalue weighted by atomic mass is 9.99.